The van der Waals surface area contributed by atoms with Gasteiger partial charge >= 0.3 is 0 Å². The second-order valence-electron chi connectivity index (χ2n) is 9.38. The molecule has 7 heteroatoms. The molecule has 0 saturated carbocycles. The lowest BCUT2D eigenvalue weighted by atomic mass is 9.95. The largest absolute Gasteiger partial charge is 0.493 e. The van der Waals surface area contributed by atoms with Crippen LogP contribution >= 0.6 is 0 Å². The van der Waals surface area contributed by atoms with Crippen molar-refractivity contribution in [3.63, 3.8) is 0 Å². The average molecular weight is 479 g/mol. The van der Waals surface area contributed by atoms with Gasteiger partial charge in [0.1, 0.15) is 5.75 Å². The number of ether oxygens (including phenoxy) is 1. The van der Waals surface area contributed by atoms with Gasteiger partial charge in [-0.25, -0.2) is 0 Å². The first-order valence-electron chi connectivity index (χ1n) is 12.9. The van der Waals surface area contributed by atoms with Gasteiger partial charge in [-0.3, -0.25) is 14.5 Å². The highest BCUT2D eigenvalue weighted by atomic mass is 16.5. The minimum atomic E-state index is 0.00837. The molecule has 1 N–H and O–H groups in total. The number of hydrogen-bond donors (Lipinski definition) is 1. The van der Waals surface area contributed by atoms with Gasteiger partial charge < -0.3 is 19.9 Å². The first-order valence-corrected chi connectivity index (χ1v) is 12.9. The van der Waals surface area contributed by atoms with Crippen LogP contribution in [0.2, 0.25) is 0 Å². The van der Waals surface area contributed by atoms with Crippen molar-refractivity contribution in [2.75, 3.05) is 63.9 Å². The fourth-order valence-electron chi connectivity index (χ4n) is 4.85. The topological polar surface area (TPSA) is 65.1 Å². The van der Waals surface area contributed by atoms with Crippen molar-refractivity contribution in [3.05, 3.63) is 60.7 Å². The average Bonchev–Trinajstić information content (AvgIpc) is 2.92. The second kappa shape index (κ2) is 13.1. The Bertz CT molecular complexity index is 908. The normalized spacial score (nSPS) is 17.3. The van der Waals surface area contributed by atoms with Crippen LogP contribution in [0.15, 0.2) is 60.7 Å². The zero-order chi connectivity index (χ0) is 24.3. The predicted molar refractivity (Wildman–Crippen MR) is 139 cm³/mol. The van der Waals surface area contributed by atoms with Crippen LogP contribution in [0, 0.1) is 5.92 Å². The van der Waals surface area contributed by atoms with E-state index in [0.717, 1.165) is 57.7 Å². The number of nitrogens with zero attached hydrogens (tertiary/aromatic N) is 3. The van der Waals surface area contributed by atoms with Gasteiger partial charge in [-0.15, -0.1) is 0 Å². The lowest BCUT2D eigenvalue weighted by molar-refractivity contribution is -0.136. The number of piperidine rings is 1. The summed E-state index contributed by atoms with van der Waals surface area (Å²) in [7, 11) is 0. The summed E-state index contributed by atoms with van der Waals surface area (Å²) in [5.74, 6) is 1.03. The molecule has 0 bridgehead atoms. The molecule has 188 valence electrons. The zero-order valence-corrected chi connectivity index (χ0v) is 20.6. The Hall–Kier alpha value is -3.06. The SMILES string of the molecule is O=C(NCCCN1CCN(c2ccccc2)CC1)C1CCN(C(=O)CCOc2ccccc2)CC1. The number of para-hydroxylation sites is 2. The van der Waals surface area contributed by atoms with E-state index in [9.17, 15) is 9.59 Å². The Balaban J connectivity index is 1.05. The first-order chi connectivity index (χ1) is 17.2. The van der Waals surface area contributed by atoms with Crippen LogP contribution in [-0.2, 0) is 9.59 Å². The van der Waals surface area contributed by atoms with Crippen molar-refractivity contribution >= 4 is 17.5 Å². The fraction of sp³-hybridized carbons (Fsp3) is 0.500. The molecule has 2 aliphatic heterocycles. The standard InChI is InChI=1S/C28H38N4O3/c33-27(14-23-35-26-10-5-2-6-11-26)32-17-12-24(13-18-32)28(34)29-15-7-16-30-19-21-31(22-20-30)25-8-3-1-4-9-25/h1-6,8-11,24H,7,12-23H2,(H,29,34). The zero-order valence-electron chi connectivity index (χ0n) is 20.6. The van der Waals surface area contributed by atoms with E-state index in [0.29, 0.717) is 32.7 Å². The summed E-state index contributed by atoms with van der Waals surface area (Å²) in [5, 5.41) is 3.12. The van der Waals surface area contributed by atoms with Gasteiger partial charge in [0.25, 0.3) is 0 Å². The number of hydrogen-bond acceptors (Lipinski definition) is 5. The third-order valence-electron chi connectivity index (χ3n) is 6.99. The van der Waals surface area contributed by atoms with E-state index in [1.807, 2.05) is 35.2 Å². The highest BCUT2D eigenvalue weighted by molar-refractivity contribution is 5.80. The van der Waals surface area contributed by atoms with E-state index < -0.39 is 0 Å². The van der Waals surface area contributed by atoms with E-state index in [1.54, 1.807) is 0 Å². The van der Waals surface area contributed by atoms with Crippen LogP contribution in [0.1, 0.15) is 25.7 Å². The van der Waals surface area contributed by atoms with Crippen LogP contribution in [-0.4, -0.2) is 80.6 Å². The molecular formula is C28H38N4O3. The summed E-state index contributed by atoms with van der Waals surface area (Å²) in [4.78, 5) is 31.9. The summed E-state index contributed by atoms with van der Waals surface area (Å²) < 4.78 is 5.63. The molecule has 0 aliphatic carbocycles. The van der Waals surface area contributed by atoms with E-state index in [2.05, 4.69) is 45.4 Å². The maximum absolute atomic E-state index is 12.6. The second-order valence-corrected chi connectivity index (χ2v) is 9.38. The molecule has 2 heterocycles. The summed E-state index contributed by atoms with van der Waals surface area (Å²) in [5.41, 5.74) is 1.30. The maximum Gasteiger partial charge on any atom is 0.225 e. The van der Waals surface area contributed by atoms with E-state index >= 15 is 0 Å². The first kappa shape index (κ1) is 25.0. The number of carbonyl (C=O) groups excluding carboxylic acids is 2. The Morgan fingerprint density at radius 1 is 0.857 bits per heavy atom. The number of amides is 2. The Labute approximate surface area is 209 Å². The van der Waals surface area contributed by atoms with Crippen LogP contribution < -0.4 is 15.0 Å². The quantitative estimate of drug-likeness (QED) is 0.532. The molecule has 2 aliphatic rings. The van der Waals surface area contributed by atoms with Crippen LogP contribution in [0.25, 0.3) is 0 Å². The van der Waals surface area contributed by atoms with Gasteiger partial charge in [0, 0.05) is 57.4 Å². The summed E-state index contributed by atoms with van der Waals surface area (Å²) in [6.45, 7) is 7.62. The molecule has 0 aromatic heterocycles. The van der Waals surface area contributed by atoms with E-state index in [1.165, 1.54) is 5.69 Å². The fourth-order valence-corrected chi connectivity index (χ4v) is 4.85. The minimum absolute atomic E-state index is 0.00837. The molecule has 2 amide bonds. The van der Waals surface area contributed by atoms with E-state index in [-0.39, 0.29) is 17.7 Å². The van der Waals surface area contributed by atoms with Gasteiger partial charge in [0.2, 0.25) is 11.8 Å². The summed E-state index contributed by atoms with van der Waals surface area (Å²) >= 11 is 0. The molecule has 35 heavy (non-hydrogen) atoms. The van der Waals surface area contributed by atoms with Crippen LogP contribution in [0.5, 0.6) is 5.75 Å². The van der Waals surface area contributed by atoms with Crippen molar-refractivity contribution in [2.45, 2.75) is 25.7 Å². The highest BCUT2D eigenvalue weighted by Crippen LogP contribution is 2.19. The summed E-state index contributed by atoms with van der Waals surface area (Å²) in [6, 6.07) is 20.1. The third kappa shape index (κ3) is 7.72. The Morgan fingerprint density at radius 2 is 1.51 bits per heavy atom. The van der Waals surface area contributed by atoms with E-state index in [4.69, 9.17) is 4.74 Å². The van der Waals surface area contributed by atoms with Crippen molar-refractivity contribution in [1.82, 2.24) is 15.1 Å². The van der Waals surface area contributed by atoms with Crippen molar-refractivity contribution in [1.29, 1.82) is 0 Å². The van der Waals surface area contributed by atoms with Gasteiger partial charge in [0.15, 0.2) is 0 Å². The van der Waals surface area contributed by atoms with Gasteiger partial charge in [0.05, 0.1) is 13.0 Å². The molecule has 2 aromatic rings. The number of anilines is 1. The van der Waals surface area contributed by atoms with Crippen molar-refractivity contribution in [2.24, 2.45) is 5.92 Å². The van der Waals surface area contributed by atoms with Gasteiger partial charge in [-0.2, -0.15) is 0 Å². The highest BCUT2D eigenvalue weighted by Gasteiger charge is 2.27. The molecule has 2 fully saturated rings. The van der Waals surface area contributed by atoms with Gasteiger partial charge in [-0.1, -0.05) is 36.4 Å². The molecule has 0 radical (unpaired) electrons. The van der Waals surface area contributed by atoms with Crippen molar-refractivity contribution in [3.8, 4) is 5.75 Å². The molecule has 0 atom stereocenters. The van der Waals surface area contributed by atoms with Crippen LogP contribution in [0.3, 0.4) is 0 Å². The molecule has 4 rings (SSSR count). The van der Waals surface area contributed by atoms with Crippen molar-refractivity contribution < 1.29 is 14.3 Å². The predicted octanol–water partition coefficient (Wildman–Crippen LogP) is 3.02. The lowest BCUT2D eigenvalue weighted by Crippen LogP contribution is -2.47. The third-order valence-corrected chi connectivity index (χ3v) is 6.99. The Kier molecular flexibility index (Phi) is 9.40. The number of nitrogens with one attached hydrogen (secondary N) is 1. The lowest BCUT2D eigenvalue weighted by Gasteiger charge is -2.36. The molecule has 2 saturated heterocycles. The number of likely N-dealkylation sites (tertiary alicyclic amines) is 1. The monoisotopic (exact) mass is 478 g/mol. The molecule has 2 aromatic carbocycles. The molecule has 7 nitrogen and oxygen atoms in total. The number of carbonyl (C=O) groups is 2. The number of rotatable bonds is 10. The molecular weight excluding hydrogens is 440 g/mol. The number of benzene rings is 2. The Morgan fingerprint density at radius 3 is 2.20 bits per heavy atom. The molecule has 0 spiro atoms. The number of piperazine rings is 1. The van der Waals surface area contributed by atoms with Crippen LogP contribution in [0.4, 0.5) is 5.69 Å². The maximum atomic E-state index is 12.6. The smallest absolute Gasteiger partial charge is 0.225 e. The minimum Gasteiger partial charge on any atom is -0.493 e. The van der Waals surface area contributed by atoms with Gasteiger partial charge in [-0.05, 0) is 50.1 Å². The summed E-state index contributed by atoms with van der Waals surface area (Å²) in [6.07, 6.45) is 2.80. The molecule has 0 unspecified atom stereocenters.